The molecule has 3 aliphatic heterocycles. The molecular formula is C35H45N3O7S. The highest BCUT2D eigenvalue weighted by Crippen LogP contribution is 2.33. The van der Waals surface area contributed by atoms with Gasteiger partial charge in [0.15, 0.2) is 5.76 Å². The van der Waals surface area contributed by atoms with Crippen molar-refractivity contribution in [2.75, 3.05) is 59.6 Å². The minimum atomic E-state index is -3.90. The van der Waals surface area contributed by atoms with Crippen LogP contribution in [0, 0.1) is 12.3 Å². The predicted octanol–water partition coefficient (Wildman–Crippen LogP) is 3.57. The van der Waals surface area contributed by atoms with Gasteiger partial charge in [-0.3, -0.25) is 4.79 Å². The molecule has 3 heterocycles. The van der Waals surface area contributed by atoms with E-state index < -0.39 is 16.3 Å². The van der Waals surface area contributed by atoms with Gasteiger partial charge in [0.2, 0.25) is 16.3 Å². The van der Waals surface area contributed by atoms with Crippen molar-refractivity contribution in [2.45, 2.75) is 61.7 Å². The highest BCUT2D eigenvalue weighted by Gasteiger charge is 2.34. The van der Waals surface area contributed by atoms with Crippen molar-refractivity contribution in [1.82, 2.24) is 14.1 Å². The second-order valence-electron chi connectivity index (χ2n) is 12.0. The fourth-order valence-electron chi connectivity index (χ4n) is 6.49. The number of amides is 1. The zero-order valence-corrected chi connectivity index (χ0v) is 27.4. The van der Waals surface area contributed by atoms with Gasteiger partial charge in [0.25, 0.3) is 5.91 Å². The van der Waals surface area contributed by atoms with Gasteiger partial charge in [0.1, 0.15) is 5.75 Å². The number of carbonyl (C=O) groups excluding carboxylic acids is 1. The molecule has 10 nitrogen and oxygen atoms in total. The normalized spacial score (nSPS) is 21.3. The maximum absolute atomic E-state index is 13.8. The van der Waals surface area contributed by atoms with Crippen molar-refractivity contribution in [1.29, 1.82) is 0 Å². The van der Waals surface area contributed by atoms with E-state index in [1.54, 1.807) is 12.1 Å². The van der Waals surface area contributed by atoms with Crippen molar-refractivity contribution in [3.8, 4) is 18.1 Å². The van der Waals surface area contributed by atoms with Crippen molar-refractivity contribution < 1.29 is 32.5 Å². The largest absolute Gasteiger partial charge is 0.497 e. The highest BCUT2D eigenvalue weighted by molar-refractivity contribution is 7.89. The summed E-state index contributed by atoms with van der Waals surface area (Å²) in [6.07, 6.45) is 12.8. The molecule has 0 bridgehead atoms. The summed E-state index contributed by atoms with van der Waals surface area (Å²) in [5.41, 5.74) is 1.75. The van der Waals surface area contributed by atoms with Crippen LogP contribution in [0.3, 0.4) is 0 Å². The Morgan fingerprint density at radius 1 is 1.02 bits per heavy atom. The Morgan fingerprint density at radius 2 is 1.72 bits per heavy atom. The number of hydrogen-bond donors (Lipinski definition) is 1. The topological polar surface area (TPSA) is 109 Å². The standard InChI is InChI=1S/C35H45N3O7S/c1-3-27-7-9-28(10-8-27)29-25-33(35(40)37-19-15-30(16-20-37)36-17-5-4-6-18-36)45-34(26-29)44-24-22-38(21-23-39)46(41,42)32-13-11-31(43-2)12-14-32/h1,7-14,25,29-30,34,39H,4-6,15-24,26H2,2H3/t29-,34+/m1/s1. The Morgan fingerprint density at radius 3 is 2.35 bits per heavy atom. The summed E-state index contributed by atoms with van der Waals surface area (Å²) < 4.78 is 45.3. The van der Waals surface area contributed by atoms with Crippen LogP contribution in [0.5, 0.6) is 5.75 Å². The minimum Gasteiger partial charge on any atom is -0.497 e. The number of carbonyl (C=O) groups is 1. The van der Waals surface area contributed by atoms with E-state index in [4.69, 9.17) is 20.6 Å². The number of terminal acetylenes is 1. The lowest BCUT2D eigenvalue weighted by atomic mass is 9.92. The fraction of sp³-hybridized carbons (Fsp3) is 0.514. The number of hydrogen-bond acceptors (Lipinski definition) is 8. The molecule has 2 saturated heterocycles. The SMILES string of the molecule is C#Cc1ccc([C@@H]2C=C(C(=O)N3CCC(N4CCCCC4)CC3)O[C@H](OCCN(CCO)S(=O)(=O)c3ccc(OC)cc3)C2)cc1. The molecule has 3 aliphatic rings. The lowest BCUT2D eigenvalue weighted by Gasteiger charge is -2.40. The van der Waals surface area contributed by atoms with E-state index in [1.165, 1.54) is 42.8 Å². The van der Waals surface area contributed by atoms with Crippen LogP contribution < -0.4 is 4.74 Å². The average Bonchev–Trinajstić information content (AvgIpc) is 3.11. The number of benzene rings is 2. The van der Waals surface area contributed by atoms with Gasteiger partial charge in [-0.2, -0.15) is 4.31 Å². The van der Waals surface area contributed by atoms with Crippen LogP contribution in [0.2, 0.25) is 0 Å². The first-order chi connectivity index (χ1) is 22.3. The van der Waals surface area contributed by atoms with Gasteiger partial charge in [0, 0.05) is 50.1 Å². The van der Waals surface area contributed by atoms with Gasteiger partial charge < -0.3 is 29.1 Å². The Labute approximate surface area is 273 Å². The van der Waals surface area contributed by atoms with E-state index in [-0.39, 0.29) is 48.8 Å². The third kappa shape index (κ3) is 8.30. The molecule has 0 aliphatic carbocycles. The van der Waals surface area contributed by atoms with Crippen molar-refractivity contribution in [3.05, 3.63) is 71.5 Å². The number of aliphatic hydroxyl groups is 1. The lowest BCUT2D eigenvalue weighted by Crippen LogP contribution is -2.49. The maximum Gasteiger partial charge on any atom is 0.288 e. The van der Waals surface area contributed by atoms with Gasteiger partial charge in [-0.15, -0.1) is 6.42 Å². The van der Waals surface area contributed by atoms with Gasteiger partial charge >= 0.3 is 0 Å². The second-order valence-corrected chi connectivity index (χ2v) is 13.9. The zero-order valence-electron chi connectivity index (χ0n) is 26.6. The summed E-state index contributed by atoms with van der Waals surface area (Å²) >= 11 is 0. The number of nitrogens with zero attached hydrogens (tertiary/aromatic N) is 3. The van der Waals surface area contributed by atoms with Crippen LogP contribution in [0.25, 0.3) is 0 Å². The van der Waals surface area contributed by atoms with Crippen molar-refractivity contribution in [3.63, 3.8) is 0 Å². The van der Waals surface area contributed by atoms with Crippen LogP contribution in [-0.2, 0) is 24.3 Å². The van der Waals surface area contributed by atoms with Crippen LogP contribution in [0.15, 0.2) is 65.3 Å². The second kappa shape index (κ2) is 15.9. The third-order valence-electron chi connectivity index (χ3n) is 9.12. The van der Waals surface area contributed by atoms with Gasteiger partial charge in [0.05, 0.1) is 25.2 Å². The molecule has 11 heteroatoms. The molecule has 2 aromatic rings. The van der Waals surface area contributed by atoms with Gasteiger partial charge in [-0.05, 0) is 86.8 Å². The number of piperidine rings is 2. The smallest absolute Gasteiger partial charge is 0.288 e. The van der Waals surface area contributed by atoms with Crippen LogP contribution in [-0.4, -0.2) is 105 Å². The van der Waals surface area contributed by atoms with Crippen LogP contribution >= 0.6 is 0 Å². The molecule has 248 valence electrons. The quantitative estimate of drug-likeness (QED) is 0.347. The van der Waals surface area contributed by atoms with Gasteiger partial charge in [-0.1, -0.05) is 24.5 Å². The Balaban J connectivity index is 1.26. The predicted molar refractivity (Wildman–Crippen MR) is 175 cm³/mol. The first-order valence-electron chi connectivity index (χ1n) is 16.2. The first-order valence-corrected chi connectivity index (χ1v) is 17.6. The first kappa shape index (κ1) is 33.9. The maximum atomic E-state index is 13.8. The molecule has 0 saturated carbocycles. The van der Waals surface area contributed by atoms with Crippen molar-refractivity contribution in [2.24, 2.45) is 0 Å². The Hall–Kier alpha value is -3.40. The number of allylic oxidation sites excluding steroid dienone is 1. The fourth-order valence-corrected chi connectivity index (χ4v) is 7.90. The van der Waals surface area contributed by atoms with E-state index in [9.17, 15) is 18.3 Å². The number of methoxy groups -OCH3 is 1. The third-order valence-corrected chi connectivity index (χ3v) is 11.0. The summed E-state index contributed by atoms with van der Waals surface area (Å²) in [7, 11) is -2.39. The number of sulfonamides is 1. The molecule has 5 rings (SSSR count). The zero-order chi connectivity index (χ0) is 32.5. The highest BCUT2D eigenvalue weighted by atomic mass is 32.2. The molecular weight excluding hydrogens is 606 g/mol. The molecule has 2 atom stereocenters. The van der Waals surface area contributed by atoms with E-state index in [0.29, 0.717) is 31.3 Å². The molecule has 1 N–H and O–H groups in total. The number of aliphatic hydroxyl groups excluding tert-OH is 1. The summed E-state index contributed by atoms with van der Waals surface area (Å²) in [4.78, 5) is 18.3. The summed E-state index contributed by atoms with van der Waals surface area (Å²) in [6.45, 7) is 3.19. The molecule has 0 radical (unpaired) electrons. The van der Waals surface area contributed by atoms with E-state index in [1.807, 2.05) is 35.2 Å². The number of ether oxygens (including phenoxy) is 3. The number of rotatable bonds is 12. The molecule has 1 amide bonds. The molecule has 0 spiro atoms. The molecule has 2 aromatic carbocycles. The Kier molecular flexibility index (Phi) is 11.8. The summed E-state index contributed by atoms with van der Waals surface area (Å²) in [6, 6.07) is 14.3. The lowest BCUT2D eigenvalue weighted by molar-refractivity contribution is -0.153. The summed E-state index contributed by atoms with van der Waals surface area (Å²) in [5, 5.41) is 9.63. The van der Waals surface area contributed by atoms with Gasteiger partial charge in [-0.25, -0.2) is 8.42 Å². The monoisotopic (exact) mass is 651 g/mol. The van der Waals surface area contributed by atoms with Crippen LogP contribution in [0.1, 0.15) is 55.6 Å². The number of likely N-dealkylation sites (tertiary alicyclic amines) is 2. The molecule has 2 fully saturated rings. The van der Waals surface area contributed by atoms with Crippen LogP contribution in [0.4, 0.5) is 0 Å². The van der Waals surface area contributed by atoms with E-state index in [0.717, 1.165) is 37.1 Å². The molecule has 46 heavy (non-hydrogen) atoms. The van der Waals surface area contributed by atoms with E-state index >= 15 is 0 Å². The average molecular weight is 652 g/mol. The summed E-state index contributed by atoms with van der Waals surface area (Å²) in [5.74, 6) is 3.11. The minimum absolute atomic E-state index is 0.00546. The molecule has 0 unspecified atom stereocenters. The Bertz CT molecular complexity index is 1470. The van der Waals surface area contributed by atoms with E-state index in [2.05, 4.69) is 10.8 Å². The van der Waals surface area contributed by atoms with Crippen molar-refractivity contribution >= 4 is 15.9 Å². The molecule has 0 aromatic heterocycles.